The third kappa shape index (κ3) is 5.42. The van der Waals surface area contributed by atoms with E-state index < -0.39 is 10.0 Å². The van der Waals surface area contributed by atoms with Crippen LogP contribution in [0.1, 0.15) is 25.3 Å². The molecule has 2 amide bonds. The number of rotatable bonds is 6. The lowest BCUT2D eigenvalue weighted by molar-refractivity contribution is -0.121. The fourth-order valence-electron chi connectivity index (χ4n) is 3.52. The number of benzene rings is 2. The Hall–Kier alpha value is -2.91. The minimum Gasteiger partial charge on any atom is -0.497 e. The van der Waals surface area contributed by atoms with Crippen molar-refractivity contribution in [2.75, 3.05) is 30.8 Å². The largest absolute Gasteiger partial charge is 0.497 e. The number of hydrogen-bond donors (Lipinski definition) is 2. The van der Waals surface area contributed by atoms with Crippen molar-refractivity contribution in [2.45, 2.75) is 31.6 Å². The minimum absolute atomic E-state index is 0.154. The molecule has 9 heteroatoms. The van der Waals surface area contributed by atoms with Crippen molar-refractivity contribution in [1.29, 1.82) is 0 Å². The van der Waals surface area contributed by atoms with Crippen molar-refractivity contribution in [2.24, 2.45) is 5.92 Å². The zero-order valence-electron chi connectivity index (χ0n) is 17.8. The number of ether oxygens (including phenoxy) is 1. The van der Waals surface area contributed by atoms with Gasteiger partial charge in [-0.05, 0) is 61.7 Å². The zero-order valence-corrected chi connectivity index (χ0v) is 18.7. The van der Waals surface area contributed by atoms with Crippen molar-refractivity contribution >= 4 is 33.2 Å². The van der Waals surface area contributed by atoms with E-state index in [4.69, 9.17) is 4.74 Å². The zero-order chi connectivity index (χ0) is 22.6. The number of hydrogen-bond acceptors (Lipinski definition) is 5. The molecule has 1 heterocycles. The Morgan fingerprint density at radius 1 is 1.03 bits per heavy atom. The van der Waals surface area contributed by atoms with Gasteiger partial charge in [0.25, 0.3) is 0 Å². The summed E-state index contributed by atoms with van der Waals surface area (Å²) in [7, 11) is -2.09. The van der Waals surface area contributed by atoms with Crippen molar-refractivity contribution < 1.29 is 22.7 Å². The van der Waals surface area contributed by atoms with Gasteiger partial charge in [-0.3, -0.25) is 9.59 Å². The van der Waals surface area contributed by atoms with E-state index in [0.717, 1.165) is 5.56 Å². The van der Waals surface area contributed by atoms with Gasteiger partial charge in [0.2, 0.25) is 21.8 Å². The quantitative estimate of drug-likeness (QED) is 0.711. The fourth-order valence-corrected chi connectivity index (χ4v) is 4.99. The monoisotopic (exact) mass is 445 g/mol. The Morgan fingerprint density at radius 2 is 1.68 bits per heavy atom. The van der Waals surface area contributed by atoms with E-state index in [0.29, 0.717) is 30.0 Å². The predicted octanol–water partition coefficient (Wildman–Crippen LogP) is 3.00. The normalized spacial score (nSPS) is 15.3. The van der Waals surface area contributed by atoms with Gasteiger partial charge in [-0.1, -0.05) is 6.07 Å². The maximum absolute atomic E-state index is 12.9. The Morgan fingerprint density at radius 3 is 2.26 bits per heavy atom. The third-order valence-corrected chi connectivity index (χ3v) is 7.25. The molecule has 0 bridgehead atoms. The SMILES string of the molecule is COc1ccc(S(=O)(=O)N2CCC(C(=O)Nc3ccc(C)c(NC(C)=O)c3)CC2)cc1. The molecule has 0 radical (unpaired) electrons. The molecule has 0 aliphatic carbocycles. The van der Waals surface area contributed by atoms with Gasteiger partial charge < -0.3 is 15.4 Å². The van der Waals surface area contributed by atoms with Crippen LogP contribution in [0.15, 0.2) is 47.4 Å². The Balaban J connectivity index is 1.61. The Bertz CT molecular complexity index is 1060. The van der Waals surface area contributed by atoms with E-state index in [9.17, 15) is 18.0 Å². The number of anilines is 2. The van der Waals surface area contributed by atoms with Crippen LogP contribution in [0.4, 0.5) is 11.4 Å². The number of carbonyl (C=O) groups is 2. The lowest BCUT2D eigenvalue weighted by atomic mass is 9.97. The van der Waals surface area contributed by atoms with Gasteiger partial charge >= 0.3 is 0 Å². The highest BCUT2D eigenvalue weighted by Crippen LogP contribution is 2.27. The highest BCUT2D eigenvalue weighted by atomic mass is 32.2. The smallest absolute Gasteiger partial charge is 0.243 e. The average molecular weight is 446 g/mol. The molecular formula is C22H27N3O5S. The molecule has 0 atom stereocenters. The van der Waals surface area contributed by atoms with E-state index in [1.54, 1.807) is 24.3 Å². The number of carbonyl (C=O) groups excluding carboxylic acids is 2. The first-order valence-corrected chi connectivity index (χ1v) is 11.5. The van der Waals surface area contributed by atoms with Crippen LogP contribution in [0.3, 0.4) is 0 Å². The van der Waals surface area contributed by atoms with Gasteiger partial charge in [-0.15, -0.1) is 0 Å². The molecule has 8 nitrogen and oxygen atoms in total. The second-order valence-corrected chi connectivity index (χ2v) is 9.49. The second kappa shape index (κ2) is 9.49. The molecule has 0 unspecified atom stereocenters. The van der Waals surface area contributed by atoms with Crippen LogP contribution in [0, 0.1) is 12.8 Å². The van der Waals surface area contributed by atoms with E-state index in [1.165, 1.54) is 30.5 Å². The minimum atomic E-state index is -3.61. The van der Waals surface area contributed by atoms with E-state index in [1.807, 2.05) is 13.0 Å². The molecule has 0 aromatic heterocycles. The molecule has 31 heavy (non-hydrogen) atoms. The second-order valence-electron chi connectivity index (χ2n) is 7.55. The van der Waals surface area contributed by atoms with Crippen molar-refractivity contribution in [3.05, 3.63) is 48.0 Å². The van der Waals surface area contributed by atoms with Crippen LogP contribution >= 0.6 is 0 Å². The summed E-state index contributed by atoms with van der Waals surface area (Å²) in [6, 6.07) is 11.6. The summed E-state index contributed by atoms with van der Waals surface area (Å²) >= 11 is 0. The van der Waals surface area contributed by atoms with E-state index in [2.05, 4.69) is 10.6 Å². The number of nitrogens with one attached hydrogen (secondary N) is 2. The molecule has 0 saturated carbocycles. The number of amides is 2. The van der Waals surface area contributed by atoms with Crippen LogP contribution in [-0.4, -0.2) is 44.7 Å². The molecule has 1 aliphatic rings. The maximum atomic E-state index is 12.9. The van der Waals surface area contributed by atoms with E-state index in [-0.39, 0.29) is 35.7 Å². The number of sulfonamides is 1. The van der Waals surface area contributed by atoms with Crippen LogP contribution in [0.2, 0.25) is 0 Å². The highest BCUT2D eigenvalue weighted by molar-refractivity contribution is 7.89. The standard InChI is InChI=1S/C22H27N3O5S/c1-15-4-5-18(14-21(15)23-16(2)26)24-22(27)17-10-12-25(13-11-17)31(28,29)20-8-6-19(30-3)7-9-20/h4-9,14,17H,10-13H2,1-3H3,(H,23,26)(H,24,27). The third-order valence-electron chi connectivity index (χ3n) is 5.34. The summed E-state index contributed by atoms with van der Waals surface area (Å²) < 4.78 is 32.2. The van der Waals surface area contributed by atoms with E-state index >= 15 is 0 Å². The molecular weight excluding hydrogens is 418 g/mol. The lowest BCUT2D eigenvalue weighted by Gasteiger charge is -2.30. The molecule has 1 saturated heterocycles. The van der Waals surface area contributed by atoms with Gasteiger partial charge in [0.15, 0.2) is 0 Å². The van der Waals surface area contributed by atoms with Crippen LogP contribution in [0.5, 0.6) is 5.75 Å². The average Bonchev–Trinajstić information content (AvgIpc) is 2.76. The molecule has 2 aromatic carbocycles. The van der Waals surface area contributed by atoms with Gasteiger partial charge in [0, 0.05) is 37.3 Å². The van der Waals surface area contributed by atoms with Gasteiger partial charge in [0.1, 0.15) is 5.75 Å². The van der Waals surface area contributed by atoms with Crippen molar-refractivity contribution in [3.8, 4) is 5.75 Å². The Kier molecular flexibility index (Phi) is 6.97. The van der Waals surface area contributed by atoms with Crippen LogP contribution < -0.4 is 15.4 Å². The highest BCUT2D eigenvalue weighted by Gasteiger charge is 2.32. The topological polar surface area (TPSA) is 105 Å². The Labute approximate surface area is 182 Å². The summed E-state index contributed by atoms with van der Waals surface area (Å²) in [5.74, 6) is -0.0314. The molecule has 2 aromatic rings. The van der Waals surface area contributed by atoms with Gasteiger partial charge in [0.05, 0.1) is 12.0 Å². The first-order chi connectivity index (χ1) is 14.7. The summed E-state index contributed by atoms with van der Waals surface area (Å²) in [5, 5.41) is 5.62. The molecule has 1 fully saturated rings. The maximum Gasteiger partial charge on any atom is 0.243 e. The first kappa shape index (κ1) is 22.8. The summed E-state index contributed by atoms with van der Waals surface area (Å²) in [5.41, 5.74) is 2.13. The van der Waals surface area contributed by atoms with Crippen molar-refractivity contribution in [1.82, 2.24) is 4.31 Å². The molecule has 2 N–H and O–H groups in total. The predicted molar refractivity (Wildman–Crippen MR) is 119 cm³/mol. The first-order valence-electron chi connectivity index (χ1n) is 10.0. The molecule has 0 spiro atoms. The fraction of sp³-hybridized carbons (Fsp3) is 0.364. The van der Waals surface area contributed by atoms with Crippen LogP contribution in [-0.2, 0) is 19.6 Å². The summed E-state index contributed by atoms with van der Waals surface area (Å²) in [4.78, 5) is 24.2. The van der Waals surface area contributed by atoms with Crippen molar-refractivity contribution in [3.63, 3.8) is 0 Å². The number of nitrogens with zero attached hydrogens (tertiary/aromatic N) is 1. The van der Waals surface area contributed by atoms with Crippen LogP contribution in [0.25, 0.3) is 0 Å². The number of methoxy groups -OCH3 is 1. The lowest BCUT2D eigenvalue weighted by Crippen LogP contribution is -2.41. The van der Waals surface area contributed by atoms with Gasteiger partial charge in [-0.2, -0.15) is 4.31 Å². The summed E-state index contributed by atoms with van der Waals surface area (Å²) in [6.45, 7) is 3.85. The molecule has 166 valence electrons. The molecule has 1 aliphatic heterocycles. The van der Waals surface area contributed by atoms with Gasteiger partial charge in [-0.25, -0.2) is 8.42 Å². The summed E-state index contributed by atoms with van der Waals surface area (Å²) in [6.07, 6.45) is 0.872. The number of aryl methyl sites for hydroxylation is 1. The molecule has 3 rings (SSSR count). The number of piperidine rings is 1.